The molecule has 0 spiro atoms. The van der Waals surface area contributed by atoms with Gasteiger partial charge in [0, 0.05) is 56.8 Å². The molecule has 2 fully saturated rings. The van der Waals surface area contributed by atoms with E-state index in [1.54, 1.807) is 6.33 Å². The number of rotatable bonds is 6. The van der Waals surface area contributed by atoms with Gasteiger partial charge >= 0.3 is 0 Å². The molecule has 2 aliphatic rings. The summed E-state index contributed by atoms with van der Waals surface area (Å²) in [5, 5.41) is 0. The van der Waals surface area contributed by atoms with Crippen LogP contribution in [0.25, 0.3) is 0 Å². The van der Waals surface area contributed by atoms with Crippen molar-refractivity contribution in [3.63, 3.8) is 0 Å². The van der Waals surface area contributed by atoms with Crippen LogP contribution in [0, 0.1) is 5.92 Å². The summed E-state index contributed by atoms with van der Waals surface area (Å²) in [4.78, 5) is 36.5. The van der Waals surface area contributed by atoms with Crippen LogP contribution in [0.15, 0.2) is 42.9 Å². The molecule has 0 bridgehead atoms. The molecule has 1 aromatic carbocycles. The van der Waals surface area contributed by atoms with Crippen molar-refractivity contribution in [1.82, 2.24) is 19.8 Å². The minimum absolute atomic E-state index is 0.239. The molecule has 0 saturated carbocycles. The molecule has 1 aromatic heterocycles. The summed E-state index contributed by atoms with van der Waals surface area (Å²) in [6, 6.07) is 10.4. The number of H-pyrrole nitrogens is 1. The first-order valence-electron chi connectivity index (χ1n) is 10.3. The van der Waals surface area contributed by atoms with Crippen molar-refractivity contribution in [3.8, 4) is 0 Å². The number of aromatic amines is 1. The van der Waals surface area contributed by atoms with E-state index < -0.39 is 0 Å². The van der Waals surface area contributed by atoms with Gasteiger partial charge in [-0.15, -0.1) is 0 Å². The third kappa shape index (κ3) is 4.26. The molecule has 4 rings (SSSR count). The average molecular weight is 380 g/mol. The van der Waals surface area contributed by atoms with E-state index >= 15 is 0 Å². The zero-order chi connectivity index (χ0) is 19.3. The first-order chi connectivity index (χ1) is 13.7. The number of nitrogens with zero attached hydrogens (tertiary/aromatic N) is 3. The predicted molar refractivity (Wildman–Crippen MR) is 106 cm³/mol. The van der Waals surface area contributed by atoms with E-state index in [1.165, 1.54) is 5.56 Å². The van der Waals surface area contributed by atoms with Crippen LogP contribution in [-0.2, 0) is 22.4 Å². The minimum atomic E-state index is 0.239. The highest BCUT2D eigenvalue weighted by Gasteiger charge is 2.39. The number of fused-ring (bicyclic) bond motifs is 1. The molecule has 1 N–H and O–H groups in total. The molecule has 2 saturated heterocycles. The average Bonchev–Trinajstić information content (AvgIpc) is 3.25. The molecule has 2 aromatic rings. The fourth-order valence-corrected chi connectivity index (χ4v) is 4.58. The van der Waals surface area contributed by atoms with Crippen molar-refractivity contribution in [2.45, 2.75) is 44.6 Å². The largest absolute Gasteiger partial charge is 0.348 e. The summed E-state index contributed by atoms with van der Waals surface area (Å²) in [5.74, 6) is 0.890. The van der Waals surface area contributed by atoms with Crippen LogP contribution in [0.5, 0.6) is 0 Å². The smallest absolute Gasteiger partial charge is 0.222 e. The zero-order valence-electron chi connectivity index (χ0n) is 16.2. The summed E-state index contributed by atoms with van der Waals surface area (Å²) < 4.78 is 0. The van der Waals surface area contributed by atoms with E-state index in [2.05, 4.69) is 27.0 Å². The van der Waals surface area contributed by atoms with E-state index in [1.807, 2.05) is 29.3 Å². The highest BCUT2D eigenvalue weighted by atomic mass is 16.2. The monoisotopic (exact) mass is 380 g/mol. The van der Waals surface area contributed by atoms with E-state index in [0.717, 1.165) is 51.0 Å². The van der Waals surface area contributed by atoms with Gasteiger partial charge in [0.15, 0.2) is 0 Å². The number of amides is 2. The van der Waals surface area contributed by atoms with Gasteiger partial charge in [-0.2, -0.15) is 0 Å². The molecule has 148 valence electrons. The van der Waals surface area contributed by atoms with Crippen molar-refractivity contribution >= 4 is 11.8 Å². The molecule has 0 radical (unpaired) electrons. The lowest BCUT2D eigenvalue weighted by Crippen LogP contribution is -2.57. The molecule has 6 nitrogen and oxygen atoms in total. The van der Waals surface area contributed by atoms with Crippen LogP contribution in [0.1, 0.15) is 36.9 Å². The Morgan fingerprint density at radius 1 is 1.18 bits per heavy atom. The fraction of sp³-hybridized carbons (Fsp3) is 0.500. The molecule has 2 amide bonds. The van der Waals surface area contributed by atoms with E-state index in [-0.39, 0.29) is 17.9 Å². The first-order valence-corrected chi connectivity index (χ1v) is 10.3. The Labute approximate surface area is 165 Å². The second kappa shape index (κ2) is 8.59. The third-order valence-electron chi connectivity index (χ3n) is 6.14. The third-order valence-corrected chi connectivity index (χ3v) is 6.14. The number of hydrogen-bond acceptors (Lipinski definition) is 3. The zero-order valence-corrected chi connectivity index (χ0v) is 16.2. The summed E-state index contributed by atoms with van der Waals surface area (Å²) in [7, 11) is 0. The van der Waals surface area contributed by atoms with E-state index in [9.17, 15) is 9.59 Å². The Morgan fingerprint density at radius 3 is 2.82 bits per heavy atom. The van der Waals surface area contributed by atoms with Gasteiger partial charge in [0.2, 0.25) is 11.8 Å². The SMILES string of the molecule is O=C(CCc1ccccc1)N1CC[C@@H]2[C@@H](CCC(=O)N2CCc2cnc[nH]2)C1. The van der Waals surface area contributed by atoms with Crippen LogP contribution in [0.2, 0.25) is 0 Å². The number of aryl methyl sites for hydroxylation is 1. The lowest BCUT2D eigenvalue weighted by molar-refractivity contribution is -0.144. The summed E-state index contributed by atoms with van der Waals surface area (Å²) >= 11 is 0. The van der Waals surface area contributed by atoms with Gasteiger partial charge in [-0.3, -0.25) is 9.59 Å². The maximum atomic E-state index is 12.7. The Kier molecular flexibility index (Phi) is 5.74. The number of piperidine rings is 2. The van der Waals surface area contributed by atoms with Crippen molar-refractivity contribution in [2.24, 2.45) is 5.92 Å². The van der Waals surface area contributed by atoms with Crippen molar-refractivity contribution in [1.29, 1.82) is 0 Å². The summed E-state index contributed by atoms with van der Waals surface area (Å²) in [6.45, 7) is 2.26. The highest BCUT2D eigenvalue weighted by Crippen LogP contribution is 2.31. The van der Waals surface area contributed by atoms with Gasteiger partial charge in [0.1, 0.15) is 0 Å². The minimum Gasteiger partial charge on any atom is -0.348 e. The van der Waals surface area contributed by atoms with Crippen LogP contribution in [0.3, 0.4) is 0 Å². The van der Waals surface area contributed by atoms with Gasteiger partial charge in [-0.25, -0.2) is 4.98 Å². The number of nitrogens with one attached hydrogen (secondary N) is 1. The number of imidazole rings is 1. The van der Waals surface area contributed by atoms with Crippen molar-refractivity contribution in [2.75, 3.05) is 19.6 Å². The van der Waals surface area contributed by atoms with Gasteiger partial charge in [-0.1, -0.05) is 30.3 Å². The maximum absolute atomic E-state index is 12.7. The molecule has 28 heavy (non-hydrogen) atoms. The molecule has 0 aliphatic carbocycles. The highest BCUT2D eigenvalue weighted by molar-refractivity contribution is 5.78. The Morgan fingerprint density at radius 2 is 2.04 bits per heavy atom. The van der Waals surface area contributed by atoms with Crippen LogP contribution in [0.4, 0.5) is 0 Å². The molecule has 3 heterocycles. The lowest BCUT2D eigenvalue weighted by Gasteiger charge is -2.47. The second-order valence-electron chi connectivity index (χ2n) is 7.89. The van der Waals surface area contributed by atoms with Crippen LogP contribution >= 0.6 is 0 Å². The fourth-order valence-electron chi connectivity index (χ4n) is 4.58. The second-order valence-corrected chi connectivity index (χ2v) is 7.89. The van der Waals surface area contributed by atoms with Crippen LogP contribution in [-0.4, -0.2) is 57.3 Å². The number of aromatic nitrogens is 2. The number of likely N-dealkylation sites (tertiary alicyclic amines) is 2. The molecular formula is C22H28N4O2. The summed E-state index contributed by atoms with van der Waals surface area (Å²) in [5.41, 5.74) is 2.27. The maximum Gasteiger partial charge on any atom is 0.222 e. The molecule has 6 heteroatoms. The molecule has 2 aliphatic heterocycles. The van der Waals surface area contributed by atoms with E-state index in [4.69, 9.17) is 0 Å². The van der Waals surface area contributed by atoms with E-state index in [0.29, 0.717) is 18.8 Å². The quantitative estimate of drug-likeness (QED) is 0.837. The summed E-state index contributed by atoms with van der Waals surface area (Å²) in [6.07, 6.45) is 8.02. The number of carbonyl (C=O) groups is 2. The molecule has 0 unspecified atom stereocenters. The standard InChI is InChI=1S/C22H28N4O2/c27-21(8-6-17-4-2-1-3-5-17)25-12-11-20-18(15-25)7-9-22(28)26(20)13-10-19-14-23-16-24-19/h1-5,14,16,18,20H,6-13,15H2,(H,23,24)/t18-,20+/m0/s1. The van der Waals surface area contributed by atoms with Crippen molar-refractivity contribution in [3.05, 3.63) is 54.1 Å². The Hall–Kier alpha value is -2.63. The Balaban J connectivity index is 1.32. The first kappa shape index (κ1) is 18.7. The van der Waals surface area contributed by atoms with Gasteiger partial charge < -0.3 is 14.8 Å². The predicted octanol–water partition coefficient (Wildman–Crippen LogP) is 2.42. The number of carbonyl (C=O) groups excluding carboxylic acids is 2. The topological polar surface area (TPSA) is 69.3 Å². The molecular weight excluding hydrogens is 352 g/mol. The number of benzene rings is 1. The lowest BCUT2D eigenvalue weighted by atomic mass is 9.83. The normalized spacial score (nSPS) is 22.2. The van der Waals surface area contributed by atoms with Gasteiger partial charge in [-0.05, 0) is 30.7 Å². The van der Waals surface area contributed by atoms with Crippen molar-refractivity contribution < 1.29 is 9.59 Å². The Bertz CT molecular complexity index is 790. The van der Waals surface area contributed by atoms with Gasteiger partial charge in [0.05, 0.1) is 6.33 Å². The number of hydrogen-bond donors (Lipinski definition) is 1. The molecule has 2 atom stereocenters. The van der Waals surface area contributed by atoms with Crippen LogP contribution < -0.4 is 0 Å². The van der Waals surface area contributed by atoms with Gasteiger partial charge in [0.25, 0.3) is 0 Å².